The molecular weight excluding hydrogens is 136 g/mol. The molecule has 0 saturated carbocycles. The second-order valence-corrected chi connectivity index (χ2v) is 2.96. The van der Waals surface area contributed by atoms with Crippen molar-refractivity contribution >= 4 is 11.6 Å². The third-order valence-corrected chi connectivity index (χ3v) is 1.59. The van der Waals surface area contributed by atoms with Gasteiger partial charge < -0.3 is 5.11 Å². The molecule has 1 atom stereocenters. The highest BCUT2D eigenvalue weighted by atomic mass is 35.5. The zero-order chi connectivity index (χ0) is 6.91. The lowest BCUT2D eigenvalue weighted by atomic mass is 10.1. The van der Waals surface area contributed by atoms with Gasteiger partial charge in [0.1, 0.15) is 0 Å². The van der Waals surface area contributed by atoms with Gasteiger partial charge in [0.2, 0.25) is 0 Å². The van der Waals surface area contributed by atoms with Crippen molar-refractivity contribution in [1.29, 1.82) is 0 Å². The number of halogens is 1. The first-order chi connectivity index (χ1) is 4.10. The van der Waals surface area contributed by atoms with Crippen LogP contribution in [-0.2, 0) is 0 Å². The summed E-state index contributed by atoms with van der Waals surface area (Å²) in [6, 6.07) is 0. The Balaban J connectivity index is 2.70. The van der Waals surface area contributed by atoms with Crippen LogP contribution < -0.4 is 0 Å². The number of alkyl halides is 1. The van der Waals surface area contributed by atoms with E-state index in [1.165, 1.54) is 0 Å². The van der Waals surface area contributed by atoms with Crippen molar-refractivity contribution in [2.24, 2.45) is 0 Å². The predicted molar refractivity (Wildman–Crippen MR) is 38.3 cm³/mol. The van der Waals surface area contributed by atoms with Gasteiger partial charge in [-0.15, -0.1) is 0 Å². The van der Waals surface area contributed by atoms with E-state index in [-0.39, 0.29) is 0 Å². The molecule has 0 fully saturated rings. The van der Waals surface area contributed by atoms with E-state index in [1.54, 1.807) is 6.08 Å². The summed E-state index contributed by atoms with van der Waals surface area (Å²) in [7, 11) is 0. The van der Waals surface area contributed by atoms with E-state index in [4.69, 9.17) is 16.7 Å². The lowest BCUT2D eigenvalue weighted by Crippen LogP contribution is -2.17. The molecule has 1 nitrogen and oxygen atoms in total. The quantitative estimate of drug-likeness (QED) is 0.515. The summed E-state index contributed by atoms with van der Waals surface area (Å²) in [5, 5.41) is 8.00. The molecule has 0 aromatic rings. The molecule has 1 N–H and O–H groups in total. The van der Waals surface area contributed by atoms with Crippen molar-refractivity contribution in [3.63, 3.8) is 0 Å². The number of hydrogen-bond donors (Lipinski definition) is 1. The molecule has 0 bridgehead atoms. The summed E-state index contributed by atoms with van der Waals surface area (Å²) in [6.07, 6.45) is 5.84. The summed E-state index contributed by atoms with van der Waals surface area (Å²) in [5.74, 6) is 0. The van der Waals surface area contributed by atoms with E-state index in [0.717, 1.165) is 5.57 Å². The predicted octanol–water partition coefficient (Wildman–Crippen LogP) is 1.82. The highest BCUT2D eigenvalue weighted by Crippen LogP contribution is 2.23. The highest BCUT2D eigenvalue weighted by Gasteiger charge is 2.19. The van der Waals surface area contributed by atoms with Crippen molar-refractivity contribution in [3.05, 3.63) is 23.8 Å². The molecule has 0 spiro atoms. The minimum atomic E-state index is -1.13. The second-order valence-electron chi connectivity index (χ2n) is 2.30. The standard InChI is InChI=1S/C7H9ClO/c1-6-2-4-7(8,9)5-3-6/h2-4,9H,5H2,1H3. The summed E-state index contributed by atoms with van der Waals surface area (Å²) in [4.78, 5) is 0. The van der Waals surface area contributed by atoms with Crippen LogP contribution >= 0.6 is 11.6 Å². The van der Waals surface area contributed by atoms with E-state index in [9.17, 15) is 0 Å². The molecule has 0 radical (unpaired) electrons. The third kappa shape index (κ3) is 1.84. The molecule has 9 heavy (non-hydrogen) atoms. The maximum Gasteiger partial charge on any atom is 0.161 e. The molecule has 0 aromatic carbocycles. The zero-order valence-corrected chi connectivity index (χ0v) is 6.02. The van der Waals surface area contributed by atoms with Crippen LogP contribution in [0.3, 0.4) is 0 Å². The van der Waals surface area contributed by atoms with Crippen LogP contribution in [0.25, 0.3) is 0 Å². The van der Waals surface area contributed by atoms with Crippen LogP contribution in [0.5, 0.6) is 0 Å². The molecule has 1 rings (SSSR count). The SMILES string of the molecule is CC1=CCC(O)(Cl)C=C1. The van der Waals surface area contributed by atoms with Crippen LogP contribution in [0.4, 0.5) is 0 Å². The van der Waals surface area contributed by atoms with Crippen molar-refractivity contribution in [3.8, 4) is 0 Å². The second kappa shape index (κ2) is 2.16. The van der Waals surface area contributed by atoms with Crippen molar-refractivity contribution in [1.82, 2.24) is 0 Å². The van der Waals surface area contributed by atoms with Crippen LogP contribution in [-0.4, -0.2) is 10.2 Å². The topological polar surface area (TPSA) is 20.2 Å². The number of hydrogen-bond acceptors (Lipinski definition) is 1. The van der Waals surface area contributed by atoms with Gasteiger partial charge in [-0.2, -0.15) is 0 Å². The van der Waals surface area contributed by atoms with Crippen LogP contribution in [0.2, 0.25) is 0 Å². The van der Waals surface area contributed by atoms with Crippen molar-refractivity contribution in [2.75, 3.05) is 0 Å². The number of rotatable bonds is 0. The molecule has 0 aliphatic heterocycles. The monoisotopic (exact) mass is 144 g/mol. The number of allylic oxidation sites excluding steroid dienone is 2. The van der Waals surface area contributed by atoms with Gasteiger partial charge in [0.25, 0.3) is 0 Å². The fourth-order valence-corrected chi connectivity index (χ4v) is 0.839. The average Bonchev–Trinajstić information content (AvgIpc) is 1.78. The van der Waals surface area contributed by atoms with E-state index in [0.29, 0.717) is 6.42 Å². The van der Waals surface area contributed by atoms with Gasteiger partial charge in [-0.1, -0.05) is 29.3 Å². The van der Waals surface area contributed by atoms with E-state index in [1.807, 2.05) is 19.1 Å². The molecule has 0 amide bonds. The molecule has 0 heterocycles. The highest BCUT2D eigenvalue weighted by molar-refractivity contribution is 6.24. The smallest absolute Gasteiger partial charge is 0.161 e. The summed E-state index contributed by atoms with van der Waals surface area (Å²) in [6.45, 7) is 1.97. The van der Waals surface area contributed by atoms with Crippen LogP contribution in [0, 0.1) is 0 Å². The molecule has 0 saturated heterocycles. The van der Waals surface area contributed by atoms with Gasteiger partial charge in [0.05, 0.1) is 0 Å². The molecule has 2 heteroatoms. The molecular formula is C7H9ClO. The summed E-state index contributed by atoms with van der Waals surface area (Å²) >= 11 is 5.56. The Morgan fingerprint density at radius 1 is 1.78 bits per heavy atom. The Morgan fingerprint density at radius 2 is 2.44 bits per heavy atom. The van der Waals surface area contributed by atoms with Gasteiger partial charge in [0, 0.05) is 6.42 Å². The maximum atomic E-state index is 9.13. The van der Waals surface area contributed by atoms with E-state index < -0.39 is 5.06 Å². The van der Waals surface area contributed by atoms with Crippen molar-refractivity contribution in [2.45, 2.75) is 18.4 Å². The Hall–Kier alpha value is -0.270. The first-order valence-corrected chi connectivity index (χ1v) is 3.25. The lowest BCUT2D eigenvalue weighted by Gasteiger charge is -2.17. The van der Waals surface area contributed by atoms with Gasteiger partial charge in [0.15, 0.2) is 5.06 Å². The first kappa shape index (κ1) is 6.84. The minimum absolute atomic E-state index is 0.511. The van der Waals surface area contributed by atoms with Gasteiger partial charge in [-0.05, 0) is 13.0 Å². The van der Waals surface area contributed by atoms with E-state index in [2.05, 4.69) is 0 Å². The molecule has 1 aliphatic carbocycles. The number of aliphatic hydroxyl groups is 1. The molecule has 0 aromatic heterocycles. The van der Waals surface area contributed by atoms with Crippen LogP contribution in [0.15, 0.2) is 23.8 Å². The largest absolute Gasteiger partial charge is 0.371 e. The third-order valence-electron chi connectivity index (χ3n) is 1.31. The molecule has 50 valence electrons. The minimum Gasteiger partial charge on any atom is -0.371 e. The van der Waals surface area contributed by atoms with Crippen molar-refractivity contribution < 1.29 is 5.11 Å². The first-order valence-electron chi connectivity index (χ1n) is 2.87. The summed E-state index contributed by atoms with van der Waals surface area (Å²) < 4.78 is 0. The summed E-state index contributed by atoms with van der Waals surface area (Å²) in [5.41, 5.74) is 1.15. The van der Waals surface area contributed by atoms with Gasteiger partial charge in [-0.3, -0.25) is 0 Å². The molecule has 1 unspecified atom stereocenters. The van der Waals surface area contributed by atoms with Gasteiger partial charge in [-0.25, -0.2) is 0 Å². The fraction of sp³-hybridized carbons (Fsp3) is 0.429. The Labute approximate surface area is 59.6 Å². The van der Waals surface area contributed by atoms with E-state index >= 15 is 0 Å². The Morgan fingerprint density at radius 3 is 2.78 bits per heavy atom. The van der Waals surface area contributed by atoms with Gasteiger partial charge >= 0.3 is 0 Å². The lowest BCUT2D eigenvalue weighted by molar-refractivity contribution is 0.181. The normalized spacial score (nSPS) is 34.3. The average molecular weight is 145 g/mol. The van der Waals surface area contributed by atoms with Crippen LogP contribution in [0.1, 0.15) is 13.3 Å². The Bertz CT molecular complexity index is 168. The Kier molecular flexibility index (Phi) is 1.64. The molecule has 1 aliphatic rings. The fourth-order valence-electron chi connectivity index (χ4n) is 0.699. The zero-order valence-electron chi connectivity index (χ0n) is 5.26. The maximum absolute atomic E-state index is 9.13.